The molecule has 1 atom stereocenters. The summed E-state index contributed by atoms with van der Waals surface area (Å²) in [6.45, 7) is 5.57. The van der Waals surface area contributed by atoms with Gasteiger partial charge in [-0.2, -0.15) is 0 Å². The van der Waals surface area contributed by atoms with Crippen LogP contribution in [0.1, 0.15) is 43.2 Å². The van der Waals surface area contributed by atoms with Crippen LogP contribution in [0.4, 0.5) is 0 Å². The molecule has 1 aromatic heterocycles. The zero-order valence-corrected chi connectivity index (χ0v) is 18.7. The highest BCUT2D eigenvalue weighted by Crippen LogP contribution is 2.34. The molecule has 0 fully saturated rings. The van der Waals surface area contributed by atoms with Gasteiger partial charge in [-0.25, -0.2) is 0 Å². The largest absolute Gasteiger partial charge is 0.497 e. The molecule has 7 heteroatoms. The summed E-state index contributed by atoms with van der Waals surface area (Å²) < 4.78 is 11.3. The van der Waals surface area contributed by atoms with Crippen LogP contribution in [0, 0.1) is 0 Å². The number of carbonyl (C=O) groups excluding carboxylic acids is 2. The fourth-order valence-corrected chi connectivity index (χ4v) is 4.71. The van der Waals surface area contributed by atoms with Gasteiger partial charge in [0, 0.05) is 30.5 Å². The van der Waals surface area contributed by atoms with E-state index in [0.29, 0.717) is 31.9 Å². The number of fused-ring (bicyclic) bond motifs is 1. The van der Waals surface area contributed by atoms with Crippen molar-refractivity contribution in [2.75, 3.05) is 33.4 Å². The van der Waals surface area contributed by atoms with Crippen molar-refractivity contribution in [3.05, 3.63) is 46.2 Å². The number of thiophene rings is 1. The molecule has 2 heterocycles. The minimum absolute atomic E-state index is 0.0163. The van der Waals surface area contributed by atoms with Crippen molar-refractivity contribution >= 4 is 23.2 Å². The average Bonchev–Trinajstić information content (AvgIpc) is 3.25. The fourth-order valence-electron chi connectivity index (χ4n) is 3.78. The maximum Gasteiger partial charge on any atom is 0.242 e. The quantitative estimate of drug-likeness (QED) is 0.605. The first-order chi connectivity index (χ1) is 14.6. The SMILES string of the molecule is CCCN(CC(=O)N1CCc2sccc2C1COc1cccc(OC)c1)C(=O)CC. The van der Waals surface area contributed by atoms with Crippen LogP contribution >= 0.6 is 11.3 Å². The van der Waals surface area contributed by atoms with Gasteiger partial charge in [-0.15, -0.1) is 11.3 Å². The molecule has 2 amide bonds. The molecule has 1 aromatic carbocycles. The first-order valence-electron chi connectivity index (χ1n) is 10.5. The number of benzene rings is 1. The second-order valence-electron chi connectivity index (χ2n) is 7.31. The standard InChI is InChI=1S/C23H30N2O4S/c1-4-11-24(22(26)5-2)15-23(27)25-12-9-21-19(10-13-30-21)20(25)16-29-18-8-6-7-17(14-18)28-3/h6-8,10,13-14,20H,4-5,9,11-12,15-16H2,1-3H3. The molecule has 0 saturated heterocycles. The summed E-state index contributed by atoms with van der Waals surface area (Å²) in [6, 6.07) is 9.39. The van der Waals surface area contributed by atoms with Crippen molar-refractivity contribution in [3.63, 3.8) is 0 Å². The van der Waals surface area contributed by atoms with E-state index >= 15 is 0 Å². The van der Waals surface area contributed by atoms with Crippen LogP contribution in [0.5, 0.6) is 11.5 Å². The lowest BCUT2D eigenvalue weighted by Gasteiger charge is -2.37. The molecule has 1 unspecified atom stereocenters. The molecule has 3 rings (SSSR count). The Labute approximate surface area is 182 Å². The van der Waals surface area contributed by atoms with Gasteiger partial charge in [0.15, 0.2) is 0 Å². The molecule has 0 N–H and O–H groups in total. The zero-order valence-electron chi connectivity index (χ0n) is 17.9. The van der Waals surface area contributed by atoms with E-state index in [4.69, 9.17) is 9.47 Å². The van der Waals surface area contributed by atoms with Gasteiger partial charge in [-0.05, 0) is 42.0 Å². The summed E-state index contributed by atoms with van der Waals surface area (Å²) in [7, 11) is 1.62. The van der Waals surface area contributed by atoms with E-state index in [2.05, 4.69) is 11.4 Å². The molecule has 2 aromatic rings. The van der Waals surface area contributed by atoms with Crippen molar-refractivity contribution in [1.82, 2.24) is 9.80 Å². The number of carbonyl (C=O) groups is 2. The van der Waals surface area contributed by atoms with E-state index in [1.54, 1.807) is 23.3 Å². The van der Waals surface area contributed by atoms with Crippen LogP contribution in [0.15, 0.2) is 35.7 Å². The van der Waals surface area contributed by atoms with Gasteiger partial charge >= 0.3 is 0 Å². The van der Waals surface area contributed by atoms with Crippen molar-refractivity contribution in [2.24, 2.45) is 0 Å². The van der Waals surface area contributed by atoms with Crippen LogP contribution in [0.25, 0.3) is 0 Å². The number of hydrogen-bond acceptors (Lipinski definition) is 5. The minimum atomic E-state index is -0.168. The third kappa shape index (κ3) is 5.14. The Bertz CT molecular complexity index is 866. The van der Waals surface area contributed by atoms with Crippen molar-refractivity contribution in [3.8, 4) is 11.5 Å². The van der Waals surface area contributed by atoms with E-state index in [-0.39, 0.29) is 24.4 Å². The number of methoxy groups -OCH3 is 1. The Kier molecular flexibility index (Phi) is 7.74. The van der Waals surface area contributed by atoms with Crippen LogP contribution in [0.2, 0.25) is 0 Å². The fraction of sp³-hybridized carbons (Fsp3) is 0.478. The molecule has 162 valence electrons. The summed E-state index contributed by atoms with van der Waals surface area (Å²) >= 11 is 1.72. The molecule has 1 aliphatic rings. The predicted octanol–water partition coefficient (Wildman–Crippen LogP) is 3.91. The molecule has 0 spiro atoms. The Morgan fingerprint density at radius 2 is 2.03 bits per heavy atom. The third-order valence-electron chi connectivity index (χ3n) is 5.34. The predicted molar refractivity (Wildman–Crippen MR) is 118 cm³/mol. The minimum Gasteiger partial charge on any atom is -0.497 e. The van der Waals surface area contributed by atoms with E-state index in [1.165, 1.54) is 4.88 Å². The highest BCUT2D eigenvalue weighted by atomic mass is 32.1. The van der Waals surface area contributed by atoms with Gasteiger partial charge in [0.25, 0.3) is 0 Å². The van der Waals surface area contributed by atoms with Gasteiger partial charge in [0.2, 0.25) is 11.8 Å². The lowest BCUT2D eigenvalue weighted by Crippen LogP contribution is -2.47. The van der Waals surface area contributed by atoms with Crippen LogP contribution < -0.4 is 9.47 Å². The van der Waals surface area contributed by atoms with Crippen molar-refractivity contribution in [2.45, 2.75) is 39.2 Å². The molecular weight excluding hydrogens is 400 g/mol. The van der Waals surface area contributed by atoms with E-state index in [0.717, 1.165) is 24.2 Å². The first-order valence-corrected chi connectivity index (χ1v) is 11.4. The number of rotatable bonds is 9. The lowest BCUT2D eigenvalue weighted by atomic mass is 10.0. The molecular formula is C23H30N2O4S. The molecule has 0 radical (unpaired) electrons. The third-order valence-corrected chi connectivity index (χ3v) is 6.34. The summed E-state index contributed by atoms with van der Waals surface area (Å²) in [5.41, 5.74) is 1.14. The molecule has 0 saturated carbocycles. The average molecular weight is 431 g/mol. The van der Waals surface area contributed by atoms with Crippen molar-refractivity contribution < 1.29 is 19.1 Å². The maximum atomic E-state index is 13.2. The van der Waals surface area contributed by atoms with Gasteiger partial charge in [0.1, 0.15) is 18.1 Å². The topological polar surface area (TPSA) is 59.1 Å². The Morgan fingerprint density at radius 1 is 1.23 bits per heavy atom. The molecule has 6 nitrogen and oxygen atoms in total. The highest BCUT2D eigenvalue weighted by Gasteiger charge is 2.33. The summed E-state index contributed by atoms with van der Waals surface area (Å²) in [5, 5.41) is 2.07. The molecule has 0 aliphatic carbocycles. The Hall–Kier alpha value is -2.54. The zero-order chi connectivity index (χ0) is 21.5. The Balaban J connectivity index is 1.76. The van der Waals surface area contributed by atoms with Crippen molar-refractivity contribution in [1.29, 1.82) is 0 Å². The van der Waals surface area contributed by atoms with Gasteiger partial charge < -0.3 is 19.3 Å². The molecule has 1 aliphatic heterocycles. The van der Waals surface area contributed by atoms with E-state index < -0.39 is 0 Å². The number of nitrogens with zero attached hydrogens (tertiary/aromatic N) is 2. The van der Waals surface area contributed by atoms with Gasteiger partial charge in [-0.3, -0.25) is 9.59 Å². The monoisotopic (exact) mass is 430 g/mol. The first kappa shape index (κ1) is 22.2. The maximum absolute atomic E-state index is 13.2. The Morgan fingerprint density at radius 3 is 2.77 bits per heavy atom. The normalized spacial score (nSPS) is 15.4. The number of ether oxygens (including phenoxy) is 2. The summed E-state index contributed by atoms with van der Waals surface area (Å²) in [5.74, 6) is 1.43. The smallest absolute Gasteiger partial charge is 0.242 e. The summed E-state index contributed by atoms with van der Waals surface area (Å²) in [4.78, 5) is 30.3. The van der Waals surface area contributed by atoms with Crippen LogP contribution in [-0.4, -0.2) is 55.0 Å². The second-order valence-corrected chi connectivity index (χ2v) is 8.31. The van der Waals surface area contributed by atoms with Crippen LogP contribution in [0.3, 0.4) is 0 Å². The lowest BCUT2D eigenvalue weighted by molar-refractivity contribution is -0.142. The highest BCUT2D eigenvalue weighted by molar-refractivity contribution is 7.10. The summed E-state index contributed by atoms with van der Waals surface area (Å²) in [6.07, 6.45) is 2.07. The van der Waals surface area contributed by atoms with Gasteiger partial charge in [0.05, 0.1) is 19.7 Å². The van der Waals surface area contributed by atoms with Gasteiger partial charge in [-0.1, -0.05) is 19.9 Å². The van der Waals surface area contributed by atoms with Crippen LogP contribution in [-0.2, 0) is 16.0 Å². The van der Waals surface area contributed by atoms with E-state index in [1.807, 2.05) is 43.0 Å². The molecule has 30 heavy (non-hydrogen) atoms. The van der Waals surface area contributed by atoms with E-state index in [9.17, 15) is 9.59 Å². The molecule has 0 bridgehead atoms. The number of amides is 2. The second kappa shape index (κ2) is 10.5. The number of hydrogen-bond donors (Lipinski definition) is 0.